The zero-order valence-electron chi connectivity index (χ0n) is 9.09. The Kier molecular flexibility index (Phi) is 5.54. The molecule has 2 nitrogen and oxygen atoms in total. The van der Waals surface area contributed by atoms with Gasteiger partial charge in [-0.1, -0.05) is 30.0 Å². The van der Waals surface area contributed by atoms with Crippen LogP contribution >= 0.6 is 0 Å². The molecule has 2 N–H and O–H groups in total. The minimum absolute atomic E-state index is 0.176. The fourth-order valence-corrected chi connectivity index (χ4v) is 1.33. The van der Waals surface area contributed by atoms with E-state index in [4.69, 9.17) is 5.11 Å². The van der Waals surface area contributed by atoms with Crippen LogP contribution in [0.5, 0.6) is 0 Å². The van der Waals surface area contributed by atoms with E-state index in [1.807, 2.05) is 31.3 Å². The summed E-state index contributed by atoms with van der Waals surface area (Å²) in [4.78, 5) is 0. The summed E-state index contributed by atoms with van der Waals surface area (Å²) < 4.78 is 0. The molecular weight excluding hydrogens is 186 g/mol. The van der Waals surface area contributed by atoms with Crippen LogP contribution in [0.2, 0.25) is 0 Å². The molecule has 0 saturated heterocycles. The molecule has 0 amide bonds. The van der Waals surface area contributed by atoms with Gasteiger partial charge in [0.05, 0.1) is 0 Å². The summed E-state index contributed by atoms with van der Waals surface area (Å²) in [5.74, 6) is 6.24. The van der Waals surface area contributed by atoms with Crippen molar-refractivity contribution in [1.29, 1.82) is 0 Å². The summed E-state index contributed by atoms with van der Waals surface area (Å²) >= 11 is 0. The Hall–Kier alpha value is -1.30. The lowest BCUT2D eigenvalue weighted by Gasteiger charge is -2.00. The fourth-order valence-electron chi connectivity index (χ4n) is 1.33. The molecule has 1 rings (SSSR count). The van der Waals surface area contributed by atoms with E-state index in [9.17, 15) is 0 Å². The number of benzene rings is 1. The molecule has 0 aliphatic rings. The lowest BCUT2D eigenvalue weighted by Crippen LogP contribution is -2.05. The van der Waals surface area contributed by atoms with E-state index < -0.39 is 0 Å². The van der Waals surface area contributed by atoms with Gasteiger partial charge < -0.3 is 10.4 Å². The standard InChI is InChI=1S/C13H17NO/c1-14-10-5-4-8-12-6-2-3-7-13(12)9-11-15/h2-3,6-7,14-15H,5,9-11H2,1H3. The fraction of sp³-hybridized carbons (Fsp3) is 0.385. The molecule has 2 heteroatoms. The molecule has 0 aliphatic heterocycles. The predicted molar refractivity (Wildman–Crippen MR) is 62.7 cm³/mol. The maximum Gasteiger partial charge on any atom is 0.0471 e. The van der Waals surface area contributed by atoms with E-state index in [-0.39, 0.29) is 6.61 Å². The molecule has 0 aliphatic carbocycles. The third kappa shape index (κ3) is 4.16. The number of rotatable bonds is 4. The van der Waals surface area contributed by atoms with E-state index in [1.54, 1.807) is 0 Å². The zero-order valence-corrected chi connectivity index (χ0v) is 9.09. The van der Waals surface area contributed by atoms with Crippen molar-refractivity contribution >= 4 is 0 Å². The van der Waals surface area contributed by atoms with Crippen molar-refractivity contribution < 1.29 is 5.11 Å². The van der Waals surface area contributed by atoms with Crippen LogP contribution in [0.25, 0.3) is 0 Å². The average molecular weight is 203 g/mol. The van der Waals surface area contributed by atoms with Crippen molar-refractivity contribution in [2.45, 2.75) is 12.8 Å². The average Bonchev–Trinajstić information content (AvgIpc) is 2.27. The van der Waals surface area contributed by atoms with Gasteiger partial charge in [-0.05, 0) is 25.1 Å². The maximum absolute atomic E-state index is 8.90. The molecule has 0 heterocycles. The largest absolute Gasteiger partial charge is 0.396 e. The number of hydrogen-bond acceptors (Lipinski definition) is 2. The van der Waals surface area contributed by atoms with Crippen molar-refractivity contribution in [3.63, 3.8) is 0 Å². The van der Waals surface area contributed by atoms with Gasteiger partial charge >= 0.3 is 0 Å². The van der Waals surface area contributed by atoms with Crippen LogP contribution in [-0.4, -0.2) is 25.3 Å². The van der Waals surface area contributed by atoms with Crippen LogP contribution in [0.1, 0.15) is 17.5 Å². The maximum atomic E-state index is 8.90. The highest BCUT2D eigenvalue weighted by molar-refractivity contribution is 5.41. The Morgan fingerprint density at radius 3 is 2.87 bits per heavy atom. The Balaban J connectivity index is 2.68. The lowest BCUT2D eigenvalue weighted by atomic mass is 10.1. The van der Waals surface area contributed by atoms with E-state index >= 15 is 0 Å². The van der Waals surface area contributed by atoms with Crippen LogP contribution in [0.3, 0.4) is 0 Å². The third-order valence-corrected chi connectivity index (χ3v) is 2.12. The zero-order chi connectivity index (χ0) is 10.9. The topological polar surface area (TPSA) is 32.3 Å². The van der Waals surface area contributed by atoms with Gasteiger partial charge in [0.2, 0.25) is 0 Å². The molecule has 0 radical (unpaired) electrons. The highest BCUT2D eigenvalue weighted by Gasteiger charge is 1.96. The van der Waals surface area contributed by atoms with Gasteiger partial charge in [0.1, 0.15) is 0 Å². The summed E-state index contributed by atoms with van der Waals surface area (Å²) in [5, 5.41) is 11.9. The molecule has 15 heavy (non-hydrogen) atoms. The summed E-state index contributed by atoms with van der Waals surface area (Å²) in [6, 6.07) is 7.96. The minimum atomic E-state index is 0.176. The number of aliphatic hydroxyl groups is 1. The van der Waals surface area contributed by atoms with Crippen molar-refractivity contribution in [1.82, 2.24) is 5.32 Å². The van der Waals surface area contributed by atoms with Crippen molar-refractivity contribution in [2.24, 2.45) is 0 Å². The van der Waals surface area contributed by atoms with E-state index in [0.29, 0.717) is 6.42 Å². The van der Waals surface area contributed by atoms with Crippen molar-refractivity contribution in [2.75, 3.05) is 20.2 Å². The lowest BCUT2D eigenvalue weighted by molar-refractivity contribution is 0.299. The molecule has 1 aromatic carbocycles. The molecule has 0 atom stereocenters. The molecular formula is C13H17NO. The van der Waals surface area contributed by atoms with Gasteiger partial charge in [-0.3, -0.25) is 0 Å². The first-order valence-electron chi connectivity index (χ1n) is 5.20. The molecule has 80 valence electrons. The van der Waals surface area contributed by atoms with Crippen molar-refractivity contribution in [3.8, 4) is 11.8 Å². The highest BCUT2D eigenvalue weighted by Crippen LogP contribution is 2.07. The van der Waals surface area contributed by atoms with Gasteiger partial charge in [-0.25, -0.2) is 0 Å². The second-order valence-electron chi connectivity index (χ2n) is 3.29. The van der Waals surface area contributed by atoms with E-state index in [2.05, 4.69) is 17.2 Å². The smallest absolute Gasteiger partial charge is 0.0471 e. The number of aliphatic hydroxyl groups excluding tert-OH is 1. The first-order chi connectivity index (χ1) is 7.38. The van der Waals surface area contributed by atoms with Crippen LogP contribution in [0, 0.1) is 11.8 Å². The minimum Gasteiger partial charge on any atom is -0.396 e. The number of nitrogens with one attached hydrogen (secondary N) is 1. The second kappa shape index (κ2) is 7.05. The monoisotopic (exact) mass is 203 g/mol. The quantitative estimate of drug-likeness (QED) is 0.569. The molecule has 1 aromatic rings. The van der Waals surface area contributed by atoms with E-state index in [1.165, 1.54) is 0 Å². The molecule has 0 aromatic heterocycles. The highest BCUT2D eigenvalue weighted by atomic mass is 16.2. The first kappa shape index (κ1) is 11.8. The summed E-state index contributed by atoms with van der Waals surface area (Å²) in [6.45, 7) is 1.09. The Labute approximate surface area is 91.3 Å². The first-order valence-corrected chi connectivity index (χ1v) is 5.20. The Morgan fingerprint density at radius 2 is 2.13 bits per heavy atom. The molecule has 0 unspecified atom stereocenters. The molecule has 0 fully saturated rings. The second-order valence-corrected chi connectivity index (χ2v) is 3.29. The third-order valence-electron chi connectivity index (χ3n) is 2.12. The van der Waals surface area contributed by atoms with Crippen molar-refractivity contribution in [3.05, 3.63) is 35.4 Å². The van der Waals surface area contributed by atoms with Crippen LogP contribution < -0.4 is 5.32 Å². The summed E-state index contributed by atoms with van der Waals surface area (Å²) in [7, 11) is 1.92. The van der Waals surface area contributed by atoms with E-state index in [0.717, 1.165) is 24.1 Å². The molecule has 0 saturated carbocycles. The summed E-state index contributed by atoms with van der Waals surface area (Å²) in [6.07, 6.45) is 1.53. The van der Waals surface area contributed by atoms with Crippen LogP contribution in [-0.2, 0) is 6.42 Å². The summed E-state index contributed by atoms with van der Waals surface area (Å²) in [5.41, 5.74) is 2.15. The van der Waals surface area contributed by atoms with Gasteiger partial charge in [-0.2, -0.15) is 0 Å². The van der Waals surface area contributed by atoms with Gasteiger partial charge in [0.25, 0.3) is 0 Å². The van der Waals surface area contributed by atoms with Crippen LogP contribution in [0.4, 0.5) is 0 Å². The Bertz CT molecular complexity index is 349. The normalized spacial score (nSPS) is 9.47. The molecule has 0 spiro atoms. The SMILES string of the molecule is CNCCC#Cc1ccccc1CCO. The van der Waals surface area contributed by atoms with Gasteiger partial charge in [0, 0.05) is 25.1 Å². The van der Waals surface area contributed by atoms with Gasteiger partial charge in [-0.15, -0.1) is 0 Å². The number of hydrogen-bond donors (Lipinski definition) is 2. The van der Waals surface area contributed by atoms with Gasteiger partial charge in [0.15, 0.2) is 0 Å². The Morgan fingerprint density at radius 1 is 1.33 bits per heavy atom. The molecule has 0 bridgehead atoms. The van der Waals surface area contributed by atoms with Crippen LogP contribution in [0.15, 0.2) is 24.3 Å². The predicted octanol–water partition coefficient (Wildman–Crippen LogP) is 1.18.